The largest absolute Gasteiger partial charge is 0.447 e. The topological polar surface area (TPSA) is 58.6 Å². The summed E-state index contributed by atoms with van der Waals surface area (Å²) in [5.41, 5.74) is 1.46. The Balaban J connectivity index is 1.30. The summed E-state index contributed by atoms with van der Waals surface area (Å²) < 4.78 is 19.2. The zero-order valence-corrected chi connectivity index (χ0v) is 16.1. The Morgan fingerprint density at radius 1 is 1.33 bits per heavy atom. The van der Waals surface area contributed by atoms with E-state index < -0.39 is 0 Å². The van der Waals surface area contributed by atoms with Gasteiger partial charge in [0.2, 0.25) is 5.91 Å². The Labute approximate surface area is 159 Å². The minimum Gasteiger partial charge on any atom is -0.447 e. The Hall–Kier alpha value is -2.11. The van der Waals surface area contributed by atoms with Gasteiger partial charge in [-0.25, -0.2) is 9.18 Å². The van der Waals surface area contributed by atoms with Gasteiger partial charge in [-0.15, -0.1) is 0 Å². The summed E-state index contributed by atoms with van der Waals surface area (Å²) in [6.07, 6.45) is 2.67. The quantitative estimate of drug-likeness (QED) is 0.877. The molecule has 0 unspecified atom stereocenters. The van der Waals surface area contributed by atoms with Crippen LogP contribution in [0.4, 0.5) is 9.18 Å². The number of carbonyl (C=O) groups excluding carboxylic acids is 2. The van der Waals surface area contributed by atoms with Gasteiger partial charge in [0.05, 0.1) is 5.54 Å². The SMILES string of the molecule is CC(C)c1ccc([C@H]2C[C@@H](N(C)C(=O)[C@H]3C[C@]4(COC(=O)N4)C3)C2)cc1F. The second kappa shape index (κ2) is 6.50. The Bertz CT molecular complexity index is 767. The lowest BCUT2D eigenvalue weighted by Gasteiger charge is -2.47. The summed E-state index contributed by atoms with van der Waals surface area (Å²) in [7, 11) is 1.86. The van der Waals surface area contributed by atoms with E-state index in [9.17, 15) is 14.0 Å². The zero-order chi connectivity index (χ0) is 19.3. The summed E-state index contributed by atoms with van der Waals surface area (Å²) in [4.78, 5) is 25.8. The molecule has 1 aliphatic heterocycles. The van der Waals surface area contributed by atoms with E-state index in [2.05, 4.69) is 5.32 Å². The first-order chi connectivity index (χ1) is 12.8. The van der Waals surface area contributed by atoms with Crippen molar-refractivity contribution in [3.63, 3.8) is 0 Å². The lowest BCUT2D eigenvalue weighted by Crippen LogP contribution is -2.59. The molecule has 5 nitrogen and oxygen atoms in total. The maximum atomic E-state index is 14.2. The van der Waals surface area contributed by atoms with Crippen LogP contribution in [0, 0.1) is 11.7 Å². The molecule has 0 radical (unpaired) electrons. The van der Waals surface area contributed by atoms with Crippen LogP contribution in [-0.2, 0) is 9.53 Å². The van der Waals surface area contributed by atoms with E-state index >= 15 is 0 Å². The predicted octanol–water partition coefficient (Wildman–Crippen LogP) is 3.54. The number of hydrogen-bond donors (Lipinski definition) is 1. The molecule has 27 heavy (non-hydrogen) atoms. The molecular weight excluding hydrogens is 347 g/mol. The lowest BCUT2D eigenvalue weighted by molar-refractivity contribution is -0.143. The molecule has 6 heteroatoms. The molecule has 2 saturated carbocycles. The third kappa shape index (κ3) is 3.19. The fraction of sp³-hybridized carbons (Fsp3) is 0.619. The van der Waals surface area contributed by atoms with Crippen molar-refractivity contribution in [1.82, 2.24) is 10.2 Å². The van der Waals surface area contributed by atoms with Crippen molar-refractivity contribution < 1.29 is 18.7 Å². The summed E-state index contributed by atoms with van der Waals surface area (Å²) in [5.74, 6) is 0.468. The van der Waals surface area contributed by atoms with E-state index in [1.807, 2.05) is 37.9 Å². The first-order valence-corrected chi connectivity index (χ1v) is 9.79. The summed E-state index contributed by atoms with van der Waals surface area (Å²) in [5, 5.41) is 2.83. The highest BCUT2D eigenvalue weighted by molar-refractivity contribution is 5.81. The molecule has 1 heterocycles. The van der Waals surface area contributed by atoms with E-state index in [1.54, 1.807) is 6.07 Å². The van der Waals surface area contributed by atoms with E-state index in [-0.39, 0.29) is 41.2 Å². The molecule has 1 aromatic rings. The highest BCUT2D eigenvalue weighted by Gasteiger charge is 2.53. The van der Waals surface area contributed by atoms with Crippen molar-refractivity contribution in [1.29, 1.82) is 0 Å². The first kappa shape index (κ1) is 18.3. The number of benzene rings is 1. The minimum absolute atomic E-state index is 0.0428. The Morgan fingerprint density at radius 3 is 2.59 bits per heavy atom. The second-order valence-electron chi connectivity index (χ2n) is 8.79. The lowest BCUT2D eigenvalue weighted by atomic mass is 9.67. The number of carbonyl (C=O) groups is 2. The molecule has 0 bridgehead atoms. The molecule has 0 atom stereocenters. The van der Waals surface area contributed by atoms with Crippen LogP contribution >= 0.6 is 0 Å². The van der Waals surface area contributed by atoms with Crippen LogP contribution in [0.2, 0.25) is 0 Å². The number of alkyl carbamates (subject to hydrolysis) is 1. The summed E-state index contributed by atoms with van der Waals surface area (Å²) in [6, 6.07) is 5.79. The molecule has 2 amide bonds. The maximum absolute atomic E-state index is 14.2. The van der Waals surface area contributed by atoms with Gasteiger partial charge < -0.3 is 15.0 Å². The molecular formula is C21H27FN2O3. The van der Waals surface area contributed by atoms with Crippen LogP contribution in [0.5, 0.6) is 0 Å². The van der Waals surface area contributed by atoms with E-state index in [0.29, 0.717) is 25.4 Å². The Morgan fingerprint density at radius 2 is 2.04 bits per heavy atom. The van der Waals surface area contributed by atoms with Crippen molar-refractivity contribution in [3.8, 4) is 0 Å². The molecule has 3 aliphatic rings. The van der Waals surface area contributed by atoms with E-state index in [4.69, 9.17) is 4.74 Å². The fourth-order valence-electron chi connectivity index (χ4n) is 4.68. The average molecular weight is 374 g/mol. The highest BCUT2D eigenvalue weighted by atomic mass is 19.1. The number of halogens is 1. The standard InChI is InChI=1S/C21H27FN2O3/c1-12(2)17-5-4-13(8-18(17)22)14-6-16(7-14)24(3)19(25)15-9-21(10-15)11-27-20(26)23-21/h4-5,8,12,14-16H,6-7,9-11H2,1-3H3,(H,23,26)/t14-,15-,16+,21+. The van der Waals surface area contributed by atoms with Gasteiger partial charge in [-0.2, -0.15) is 0 Å². The van der Waals surface area contributed by atoms with Crippen molar-refractivity contribution in [2.24, 2.45) is 5.92 Å². The highest BCUT2D eigenvalue weighted by Crippen LogP contribution is 2.44. The molecule has 1 aromatic carbocycles. The third-order valence-corrected chi connectivity index (χ3v) is 6.60. The van der Waals surface area contributed by atoms with Gasteiger partial charge in [0.15, 0.2) is 0 Å². The number of hydrogen-bond acceptors (Lipinski definition) is 3. The van der Waals surface area contributed by atoms with Crippen LogP contribution in [0.25, 0.3) is 0 Å². The molecule has 4 rings (SSSR count). The number of nitrogens with zero attached hydrogens (tertiary/aromatic N) is 1. The van der Waals surface area contributed by atoms with Crippen LogP contribution in [-0.4, -0.2) is 42.1 Å². The van der Waals surface area contributed by atoms with Crippen LogP contribution in [0.3, 0.4) is 0 Å². The predicted molar refractivity (Wildman–Crippen MR) is 99.0 cm³/mol. The first-order valence-electron chi connectivity index (χ1n) is 9.79. The monoisotopic (exact) mass is 374 g/mol. The maximum Gasteiger partial charge on any atom is 0.407 e. The van der Waals surface area contributed by atoms with Crippen molar-refractivity contribution in [2.45, 2.75) is 62.9 Å². The molecule has 1 spiro atoms. The number of cyclic esters (lactones) is 1. The van der Waals surface area contributed by atoms with E-state index in [1.165, 1.54) is 0 Å². The fourth-order valence-corrected chi connectivity index (χ4v) is 4.68. The number of amides is 2. The molecule has 1 saturated heterocycles. The van der Waals surface area contributed by atoms with Gasteiger partial charge in [0.1, 0.15) is 12.4 Å². The van der Waals surface area contributed by atoms with Crippen LogP contribution in [0.1, 0.15) is 62.5 Å². The van der Waals surface area contributed by atoms with Gasteiger partial charge >= 0.3 is 6.09 Å². The average Bonchev–Trinajstić information content (AvgIpc) is 2.93. The van der Waals surface area contributed by atoms with Gasteiger partial charge in [0, 0.05) is 19.0 Å². The number of ether oxygens (including phenoxy) is 1. The Kier molecular flexibility index (Phi) is 4.40. The van der Waals surface area contributed by atoms with Crippen molar-refractivity contribution >= 4 is 12.0 Å². The summed E-state index contributed by atoms with van der Waals surface area (Å²) >= 11 is 0. The smallest absolute Gasteiger partial charge is 0.407 e. The third-order valence-electron chi connectivity index (χ3n) is 6.60. The second-order valence-corrected chi connectivity index (χ2v) is 8.79. The zero-order valence-electron chi connectivity index (χ0n) is 16.1. The molecule has 146 valence electrons. The van der Waals surface area contributed by atoms with E-state index in [0.717, 1.165) is 24.0 Å². The van der Waals surface area contributed by atoms with Crippen molar-refractivity contribution in [3.05, 3.63) is 35.1 Å². The van der Waals surface area contributed by atoms with Crippen LogP contribution < -0.4 is 5.32 Å². The van der Waals surface area contributed by atoms with Gasteiger partial charge in [-0.3, -0.25) is 4.79 Å². The van der Waals surface area contributed by atoms with Gasteiger partial charge in [-0.1, -0.05) is 26.0 Å². The minimum atomic E-state index is -0.383. The molecule has 0 aromatic heterocycles. The summed E-state index contributed by atoms with van der Waals surface area (Å²) in [6.45, 7) is 4.35. The molecule has 2 aliphatic carbocycles. The van der Waals surface area contributed by atoms with Crippen molar-refractivity contribution in [2.75, 3.05) is 13.7 Å². The van der Waals surface area contributed by atoms with Crippen LogP contribution in [0.15, 0.2) is 18.2 Å². The number of rotatable bonds is 4. The normalized spacial score (nSPS) is 31.9. The van der Waals surface area contributed by atoms with Gasteiger partial charge in [-0.05, 0) is 54.7 Å². The van der Waals surface area contributed by atoms with Gasteiger partial charge in [0.25, 0.3) is 0 Å². The molecule has 1 N–H and O–H groups in total. The number of nitrogens with one attached hydrogen (secondary N) is 1. The molecule has 3 fully saturated rings.